The molecule has 0 saturated heterocycles. The monoisotopic (exact) mass is 401 g/mol. The van der Waals surface area contributed by atoms with Crippen LogP contribution < -0.4 is 5.32 Å². The Balaban J connectivity index is 1.51. The minimum atomic E-state index is -0.0791. The number of thioether (sulfide) groups is 1. The lowest BCUT2D eigenvalue weighted by Crippen LogP contribution is -2.25. The van der Waals surface area contributed by atoms with E-state index in [1.54, 1.807) is 6.20 Å². The maximum Gasteiger partial charge on any atom is 0.230 e. The third-order valence-electron chi connectivity index (χ3n) is 4.20. The van der Waals surface area contributed by atoms with Gasteiger partial charge in [0.2, 0.25) is 5.91 Å². The average Bonchev–Trinajstić information content (AvgIpc) is 3.22. The number of aromatic nitrogens is 4. The zero-order valence-corrected chi connectivity index (χ0v) is 16.4. The number of hydrogen-bond acceptors (Lipinski definition) is 5. The van der Waals surface area contributed by atoms with Gasteiger partial charge in [-0.2, -0.15) is 0 Å². The van der Waals surface area contributed by atoms with E-state index >= 15 is 0 Å². The normalized spacial score (nSPS) is 10.6. The van der Waals surface area contributed by atoms with Gasteiger partial charge >= 0.3 is 0 Å². The van der Waals surface area contributed by atoms with Crippen molar-refractivity contribution in [2.45, 2.75) is 11.7 Å². The van der Waals surface area contributed by atoms with Gasteiger partial charge in [0, 0.05) is 17.4 Å². The molecule has 0 aliphatic rings. The van der Waals surface area contributed by atoms with Crippen molar-refractivity contribution >= 4 is 17.7 Å². The SMILES string of the molecule is O=C(CSc1nnc(-c2ccccc2)n1-c1ccccc1)NCc1ccccn1. The van der Waals surface area contributed by atoms with Gasteiger partial charge in [-0.25, -0.2) is 0 Å². The Kier molecular flexibility index (Phi) is 5.97. The van der Waals surface area contributed by atoms with E-state index in [2.05, 4.69) is 20.5 Å². The van der Waals surface area contributed by atoms with Gasteiger partial charge < -0.3 is 5.32 Å². The van der Waals surface area contributed by atoms with Crippen molar-refractivity contribution in [2.75, 3.05) is 5.75 Å². The number of carbonyl (C=O) groups is 1. The Bertz CT molecular complexity index is 1070. The fraction of sp³-hybridized carbons (Fsp3) is 0.0909. The van der Waals surface area contributed by atoms with Crippen LogP contribution in [0.15, 0.2) is 90.2 Å². The van der Waals surface area contributed by atoms with Crippen LogP contribution >= 0.6 is 11.8 Å². The van der Waals surface area contributed by atoms with E-state index in [-0.39, 0.29) is 11.7 Å². The van der Waals surface area contributed by atoms with Crippen molar-refractivity contribution in [3.8, 4) is 17.1 Å². The van der Waals surface area contributed by atoms with Crippen molar-refractivity contribution in [3.63, 3.8) is 0 Å². The molecule has 0 saturated carbocycles. The van der Waals surface area contributed by atoms with Gasteiger partial charge in [-0.05, 0) is 24.3 Å². The smallest absolute Gasteiger partial charge is 0.230 e. The van der Waals surface area contributed by atoms with E-state index in [9.17, 15) is 4.79 Å². The molecule has 4 rings (SSSR count). The standard InChI is InChI=1S/C22H19N5OS/c28-20(24-15-18-11-7-8-14-23-18)16-29-22-26-25-21(17-9-3-1-4-10-17)27(22)19-12-5-2-6-13-19/h1-14H,15-16H2,(H,24,28). The summed E-state index contributed by atoms with van der Waals surface area (Å²) < 4.78 is 1.98. The molecule has 0 atom stereocenters. The molecule has 6 nitrogen and oxygen atoms in total. The molecule has 2 aromatic heterocycles. The van der Waals surface area contributed by atoms with E-state index in [0.717, 1.165) is 22.8 Å². The van der Waals surface area contributed by atoms with Gasteiger partial charge in [0.25, 0.3) is 0 Å². The Morgan fingerprint density at radius 3 is 2.34 bits per heavy atom. The lowest BCUT2D eigenvalue weighted by molar-refractivity contribution is -0.118. The minimum absolute atomic E-state index is 0.0791. The van der Waals surface area contributed by atoms with Crippen molar-refractivity contribution in [2.24, 2.45) is 0 Å². The molecule has 0 aliphatic heterocycles. The summed E-state index contributed by atoms with van der Waals surface area (Å²) in [5.41, 5.74) is 2.74. The molecule has 0 radical (unpaired) electrons. The molecule has 0 bridgehead atoms. The first-order valence-corrected chi connectivity index (χ1v) is 10.2. The zero-order valence-electron chi connectivity index (χ0n) is 15.6. The highest BCUT2D eigenvalue weighted by Crippen LogP contribution is 2.27. The van der Waals surface area contributed by atoms with E-state index in [1.165, 1.54) is 11.8 Å². The summed E-state index contributed by atoms with van der Waals surface area (Å²) >= 11 is 1.36. The van der Waals surface area contributed by atoms with Gasteiger partial charge in [-0.15, -0.1) is 10.2 Å². The molecule has 0 spiro atoms. The second-order valence-electron chi connectivity index (χ2n) is 6.23. The number of pyridine rings is 1. The van der Waals surface area contributed by atoms with Gasteiger partial charge in [0.05, 0.1) is 18.0 Å². The molecule has 1 N–H and O–H groups in total. The van der Waals surface area contributed by atoms with Crippen LogP contribution in [0.25, 0.3) is 17.1 Å². The maximum absolute atomic E-state index is 12.3. The van der Waals surface area contributed by atoms with E-state index in [4.69, 9.17) is 0 Å². The number of amides is 1. The average molecular weight is 401 g/mol. The first-order valence-electron chi connectivity index (χ1n) is 9.17. The van der Waals surface area contributed by atoms with Gasteiger partial charge in [-0.3, -0.25) is 14.3 Å². The first-order chi connectivity index (χ1) is 14.3. The highest BCUT2D eigenvalue weighted by Gasteiger charge is 2.17. The van der Waals surface area contributed by atoms with Crippen LogP contribution in [0.5, 0.6) is 0 Å². The van der Waals surface area contributed by atoms with Crippen LogP contribution in [-0.2, 0) is 11.3 Å². The summed E-state index contributed by atoms with van der Waals surface area (Å²) in [4.78, 5) is 16.5. The fourth-order valence-corrected chi connectivity index (χ4v) is 3.60. The summed E-state index contributed by atoms with van der Waals surface area (Å²) in [7, 11) is 0. The number of hydrogen-bond donors (Lipinski definition) is 1. The summed E-state index contributed by atoms with van der Waals surface area (Å²) in [5.74, 6) is 0.907. The lowest BCUT2D eigenvalue weighted by Gasteiger charge is -2.10. The second kappa shape index (κ2) is 9.16. The van der Waals surface area contributed by atoms with Gasteiger partial charge in [-0.1, -0.05) is 66.4 Å². The third-order valence-corrected chi connectivity index (χ3v) is 5.13. The minimum Gasteiger partial charge on any atom is -0.350 e. The predicted molar refractivity (Wildman–Crippen MR) is 114 cm³/mol. The Morgan fingerprint density at radius 2 is 1.62 bits per heavy atom. The third kappa shape index (κ3) is 4.70. The summed E-state index contributed by atoms with van der Waals surface area (Å²) in [5, 5.41) is 12.3. The van der Waals surface area contributed by atoms with Crippen molar-refractivity contribution in [1.29, 1.82) is 0 Å². The number of nitrogens with one attached hydrogen (secondary N) is 1. The highest BCUT2D eigenvalue weighted by atomic mass is 32.2. The number of nitrogens with zero attached hydrogens (tertiary/aromatic N) is 4. The number of carbonyl (C=O) groups excluding carboxylic acids is 1. The number of benzene rings is 2. The fourth-order valence-electron chi connectivity index (χ4n) is 2.82. The maximum atomic E-state index is 12.3. The van der Waals surface area contributed by atoms with Crippen molar-refractivity contribution in [1.82, 2.24) is 25.1 Å². The molecule has 2 heterocycles. The van der Waals surface area contributed by atoms with E-state index in [1.807, 2.05) is 83.4 Å². The van der Waals surface area contributed by atoms with Crippen LogP contribution in [0.4, 0.5) is 0 Å². The van der Waals surface area contributed by atoms with Gasteiger partial charge in [0.1, 0.15) is 0 Å². The Morgan fingerprint density at radius 1 is 0.897 bits per heavy atom. The zero-order chi connectivity index (χ0) is 19.9. The quantitative estimate of drug-likeness (QED) is 0.478. The van der Waals surface area contributed by atoms with Crippen LogP contribution in [0.1, 0.15) is 5.69 Å². The predicted octanol–water partition coefficient (Wildman–Crippen LogP) is 3.74. The molecule has 0 aliphatic carbocycles. The molecular formula is C22H19N5OS. The van der Waals surface area contributed by atoms with Crippen LogP contribution in [0.2, 0.25) is 0 Å². The Labute approximate surface area is 173 Å². The number of para-hydroxylation sites is 1. The van der Waals surface area contributed by atoms with E-state index < -0.39 is 0 Å². The molecule has 0 fully saturated rings. The first kappa shape index (κ1) is 18.9. The molecule has 0 unspecified atom stereocenters. The van der Waals surface area contributed by atoms with Crippen LogP contribution in [0.3, 0.4) is 0 Å². The van der Waals surface area contributed by atoms with Crippen molar-refractivity contribution in [3.05, 3.63) is 90.8 Å². The topological polar surface area (TPSA) is 72.7 Å². The van der Waals surface area contributed by atoms with Crippen molar-refractivity contribution < 1.29 is 4.79 Å². The molecule has 7 heteroatoms. The molecular weight excluding hydrogens is 382 g/mol. The molecule has 29 heavy (non-hydrogen) atoms. The number of rotatable bonds is 7. The molecule has 2 aromatic carbocycles. The summed E-state index contributed by atoms with van der Waals surface area (Å²) in [6, 6.07) is 25.4. The Hall–Kier alpha value is -3.45. The second-order valence-corrected chi connectivity index (χ2v) is 7.17. The van der Waals surface area contributed by atoms with Crippen LogP contribution in [0, 0.1) is 0 Å². The summed E-state index contributed by atoms with van der Waals surface area (Å²) in [6.07, 6.45) is 1.71. The largest absolute Gasteiger partial charge is 0.350 e. The molecule has 144 valence electrons. The van der Waals surface area contributed by atoms with E-state index in [0.29, 0.717) is 11.7 Å². The lowest BCUT2D eigenvalue weighted by atomic mass is 10.2. The van der Waals surface area contributed by atoms with Crippen LogP contribution in [-0.4, -0.2) is 31.4 Å². The molecule has 1 amide bonds. The summed E-state index contributed by atoms with van der Waals surface area (Å²) in [6.45, 7) is 0.404. The van der Waals surface area contributed by atoms with Gasteiger partial charge in [0.15, 0.2) is 11.0 Å². The highest BCUT2D eigenvalue weighted by molar-refractivity contribution is 7.99. The molecule has 4 aromatic rings.